The Balaban J connectivity index is 1.52. The van der Waals surface area contributed by atoms with Crippen LogP contribution in [0, 0.1) is 0 Å². The van der Waals surface area contributed by atoms with Crippen molar-refractivity contribution in [1.82, 2.24) is 15.2 Å². The van der Waals surface area contributed by atoms with Gasteiger partial charge in [0, 0.05) is 35.2 Å². The van der Waals surface area contributed by atoms with Gasteiger partial charge < -0.3 is 20.7 Å². The lowest BCUT2D eigenvalue weighted by Gasteiger charge is -2.26. The maximum atomic E-state index is 12.1. The summed E-state index contributed by atoms with van der Waals surface area (Å²) in [5.74, 6) is 0.0366. The van der Waals surface area contributed by atoms with Crippen molar-refractivity contribution in [2.45, 2.75) is 32.7 Å². The van der Waals surface area contributed by atoms with Gasteiger partial charge in [-0.2, -0.15) is 0 Å². The summed E-state index contributed by atoms with van der Waals surface area (Å²) < 4.78 is 0. The molecule has 0 bridgehead atoms. The molecular formula is C30H33N5O2. The molecule has 0 aliphatic carbocycles. The smallest absolute Gasteiger partial charge is 0.319 e. The fourth-order valence-corrected chi connectivity index (χ4v) is 4.87. The van der Waals surface area contributed by atoms with Crippen molar-refractivity contribution in [3.05, 3.63) is 89.5 Å². The average molecular weight is 496 g/mol. The SMILES string of the molecule is CCNC(=O)Nc1ccc2[nH]c(O)c(C(=Nc3ccc(CN4CCCCC4)cc3)c3ccccc3)c2c1. The van der Waals surface area contributed by atoms with Crippen molar-refractivity contribution in [2.24, 2.45) is 4.99 Å². The number of likely N-dealkylation sites (tertiary alicyclic amines) is 1. The van der Waals surface area contributed by atoms with Gasteiger partial charge in [-0.05, 0) is 68.8 Å². The van der Waals surface area contributed by atoms with Gasteiger partial charge in [0.2, 0.25) is 0 Å². The van der Waals surface area contributed by atoms with Crippen molar-refractivity contribution in [2.75, 3.05) is 25.0 Å². The molecule has 0 unspecified atom stereocenters. The first-order chi connectivity index (χ1) is 18.1. The second-order valence-corrected chi connectivity index (χ2v) is 9.42. The van der Waals surface area contributed by atoms with E-state index in [1.807, 2.05) is 61.5 Å². The zero-order valence-electron chi connectivity index (χ0n) is 21.1. The van der Waals surface area contributed by atoms with E-state index in [2.05, 4.69) is 32.7 Å². The molecule has 5 rings (SSSR count). The first-order valence-corrected chi connectivity index (χ1v) is 13.0. The van der Waals surface area contributed by atoms with Gasteiger partial charge in [-0.1, -0.05) is 48.9 Å². The molecule has 0 atom stereocenters. The highest BCUT2D eigenvalue weighted by molar-refractivity contribution is 6.22. The van der Waals surface area contributed by atoms with Crippen LogP contribution in [0.4, 0.5) is 16.2 Å². The van der Waals surface area contributed by atoms with Crippen LogP contribution < -0.4 is 10.6 Å². The molecule has 3 aromatic carbocycles. The number of piperidine rings is 1. The Morgan fingerprint density at radius 3 is 2.49 bits per heavy atom. The standard InChI is InChI=1S/C30H33N5O2/c1-2-31-30(37)33-24-15-16-26-25(19-24)27(29(36)34-26)28(22-9-5-3-6-10-22)32-23-13-11-21(12-14-23)20-35-17-7-4-8-18-35/h3,5-6,9-16,19,34,36H,2,4,7-8,17-18,20H2,1H3,(H2,31,33,37). The Hall–Kier alpha value is -4.10. The van der Waals surface area contributed by atoms with E-state index in [0.717, 1.165) is 41.8 Å². The minimum atomic E-state index is -0.273. The molecule has 2 amide bonds. The quantitative estimate of drug-likeness (QED) is 0.231. The topological polar surface area (TPSA) is 92.8 Å². The normalized spacial score (nSPS) is 14.6. The van der Waals surface area contributed by atoms with Gasteiger partial charge in [0.1, 0.15) is 0 Å². The Labute approximate surface area is 217 Å². The number of anilines is 1. The van der Waals surface area contributed by atoms with Gasteiger partial charge in [0.05, 0.1) is 17.0 Å². The van der Waals surface area contributed by atoms with Crippen molar-refractivity contribution >= 4 is 34.0 Å². The largest absolute Gasteiger partial charge is 0.494 e. The van der Waals surface area contributed by atoms with Crippen molar-refractivity contribution in [3.63, 3.8) is 0 Å². The van der Waals surface area contributed by atoms with Crippen LogP contribution in [0.2, 0.25) is 0 Å². The van der Waals surface area contributed by atoms with Crippen molar-refractivity contribution < 1.29 is 9.90 Å². The van der Waals surface area contributed by atoms with Crippen LogP contribution in [0.3, 0.4) is 0 Å². The summed E-state index contributed by atoms with van der Waals surface area (Å²) >= 11 is 0. The molecule has 0 saturated carbocycles. The second-order valence-electron chi connectivity index (χ2n) is 9.42. The monoisotopic (exact) mass is 495 g/mol. The summed E-state index contributed by atoms with van der Waals surface area (Å²) in [7, 11) is 0. The molecule has 190 valence electrons. The minimum absolute atomic E-state index is 0.0366. The maximum Gasteiger partial charge on any atom is 0.319 e. The Kier molecular flexibility index (Phi) is 7.51. The number of carbonyl (C=O) groups excluding carboxylic acids is 1. The van der Waals surface area contributed by atoms with E-state index in [0.29, 0.717) is 23.5 Å². The number of rotatable bonds is 7. The lowest BCUT2D eigenvalue weighted by Crippen LogP contribution is -2.28. The fourth-order valence-electron chi connectivity index (χ4n) is 4.87. The van der Waals surface area contributed by atoms with Gasteiger partial charge >= 0.3 is 6.03 Å². The van der Waals surface area contributed by atoms with E-state index in [4.69, 9.17) is 4.99 Å². The molecule has 2 heterocycles. The van der Waals surface area contributed by atoms with E-state index in [1.165, 1.54) is 24.8 Å². The lowest BCUT2D eigenvalue weighted by atomic mass is 10.0. The highest BCUT2D eigenvalue weighted by Crippen LogP contribution is 2.33. The number of hydrogen-bond donors (Lipinski definition) is 4. The number of hydrogen-bond acceptors (Lipinski definition) is 4. The van der Waals surface area contributed by atoms with Crippen LogP contribution in [-0.4, -0.2) is 46.4 Å². The van der Waals surface area contributed by atoms with Gasteiger partial charge in [0.15, 0.2) is 5.88 Å². The average Bonchev–Trinajstić information content (AvgIpc) is 3.24. The van der Waals surface area contributed by atoms with Gasteiger partial charge in [-0.15, -0.1) is 0 Å². The lowest BCUT2D eigenvalue weighted by molar-refractivity contribution is 0.221. The van der Waals surface area contributed by atoms with E-state index < -0.39 is 0 Å². The van der Waals surface area contributed by atoms with E-state index in [1.54, 1.807) is 6.07 Å². The second kappa shape index (κ2) is 11.3. The first kappa shape index (κ1) is 24.6. The number of H-pyrrole nitrogens is 1. The van der Waals surface area contributed by atoms with Gasteiger partial charge in [-0.25, -0.2) is 9.79 Å². The summed E-state index contributed by atoms with van der Waals surface area (Å²) in [6.07, 6.45) is 3.88. The first-order valence-electron chi connectivity index (χ1n) is 13.0. The molecule has 7 nitrogen and oxygen atoms in total. The predicted molar refractivity (Wildman–Crippen MR) is 150 cm³/mol. The molecule has 1 saturated heterocycles. The molecule has 1 aliphatic heterocycles. The van der Waals surface area contributed by atoms with Crippen LogP contribution in [-0.2, 0) is 6.54 Å². The fraction of sp³-hybridized carbons (Fsp3) is 0.267. The number of aliphatic imine (C=N–C) groups is 1. The third-order valence-corrected chi connectivity index (χ3v) is 6.69. The molecule has 0 spiro atoms. The van der Waals surface area contributed by atoms with Crippen molar-refractivity contribution in [1.29, 1.82) is 0 Å². The molecule has 1 aliphatic rings. The van der Waals surface area contributed by atoms with Gasteiger partial charge in [0.25, 0.3) is 0 Å². The summed E-state index contributed by atoms with van der Waals surface area (Å²) in [5, 5.41) is 17.3. The number of aromatic amines is 1. The molecule has 0 radical (unpaired) electrons. The molecule has 4 N–H and O–H groups in total. The number of aromatic nitrogens is 1. The number of nitrogens with zero attached hydrogens (tertiary/aromatic N) is 2. The van der Waals surface area contributed by atoms with E-state index in [-0.39, 0.29) is 11.9 Å². The third-order valence-electron chi connectivity index (χ3n) is 6.69. The molecule has 1 aromatic heterocycles. The predicted octanol–water partition coefficient (Wildman–Crippen LogP) is 6.17. The molecule has 4 aromatic rings. The number of urea groups is 1. The zero-order valence-corrected chi connectivity index (χ0v) is 21.1. The Bertz CT molecular complexity index is 1390. The summed E-state index contributed by atoms with van der Waals surface area (Å²) in [4.78, 5) is 22.7. The van der Waals surface area contributed by atoms with E-state index in [9.17, 15) is 9.90 Å². The number of carbonyl (C=O) groups is 1. The molecule has 7 heteroatoms. The number of fused-ring (bicyclic) bond motifs is 1. The number of nitrogens with one attached hydrogen (secondary N) is 3. The maximum absolute atomic E-state index is 12.1. The summed E-state index contributed by atoms with van der Waals surface area (Å²) in [6, 6.07) is 23.4. The number of aromatic hydroxyl groups is 1. The Morgan fingerprint density at radius 1 is 1.00 bits per heavy atom. The van der Waals surface area contributed by atoms with Crippen LogP contribution in [0.25, 0.3) is 10.9 Å². The van der Waals surface area contributed by atoms with Gasteiger partial charge in [-0.3, -0.25) is 4.90 Å². The van der Waals surface area contributed by atoms with Crippen LogP contribution in [0.5, 0.6) is 5.88 Å². The van der Waals surface area contributed by atoms with Crippen LogP contribution >= 0.6 is 0 Å². The summed E-state index contributed by atoms with van der Waals surface area (Å²) in [5.41, 5.74) is 5.62. The highest BCUT2D eigenvalue weighted by Gasteiger charge is 2.19. The molecular weight excluding hydrogens is 462 g/mol. The number of benzene rings is 3. The third kappa shape index (κ3) is 5.84. The van der Waals surface area contributed by atoms with E-state index >= 15 is 0 Å². The van der Waals surface area contributed by atoms with Crippen LogP contribution in [0.1, 0.15) is 42.9 Å². The highest BCUT2D eigenvalue weighted by atomic mass is 16.3. The van der Waals surface area contributed by atoms with Crippen LogP contribution in [0.15, 0.2) is 77.8 Å². The Morgan fingerprint density at radius 2 is 1.76 bits per heavy atom. The van der Waals surface area contributed by atoms with Crippen molar-refractivity contribution in [3.8, 4) is 5.88 Å². The zero-order chi connectivity index (χ0) is 25.6. The molecule has 37 heavy (non-hydrogen) atoms. The summed E-state index contributed by atoms with van der Waals surface area (Å²) in [6.45, 7) is 5.68. The molecule has 1 fully saturated rings. The minimum Gasteiger partial charge on any atom is -0.494 e. The number of amides is 2.